The highest BCUT2D eigenvalue weighted by Gasteiger charge is 2.42. The molecule has 0 spiro atoms. The lowest BCUT2D eigenvalue weighted by atomic mass is 10.1. The molecule has 2 aromatic heterocycles. The summed E-state index contributed by atoms with van der Waals surface area (Å²) in [5, 5.41) is 4.02. The highest BCUT2D eigenvalue weighted by Crippen LogP contribution is 2.44. The molecule has 5 nitrogen and oxygen atoms in total. The van der Waals surface area contributed by atoms with Gasteiger partial charge in [0.2, 0.25) is 0 Å². The summed E-state index contributed by atoms with van der Waals surface area (Å²) >= 11 is 0. The zero-order valence-corrected chi connectivity index (χ0v) is 11.7. The molecule has 2 aliphatic rings. The largest absolute Gasteiger partial charge is 0.383 e. The second kappa shape index (κ2) is 4.69. The zero-order chi connectivity index (χ0) is 14.4. The average molecular weight is 282 g/mol. The molecule has 2 aromatic rings. The van der Waals surface area contributed by atoms with Gasteiger partial charge in [-0.3, -0.25) is 4.79 Å². The van der Waals surface area contributed by atoms with Crippen molar-refractivity contribution in [3.63, 3.8) is 0 Å². The van der Waals surface area contributed by atoms with Gasteiger partial charge in [0, 0.05) is 17.6 Å². The van der Waals surface area contributed by atoms with E-state index >= 15 is 0 Å². The maximum Gasteiger partial charge on any atom is 0.255 e. The van der Waals surface area contributed by atoms with E-state index < -0.39 is 0 Å². The van der Waals surface area contributed by atoms with E-state index in [-0.39, 0.29) is 11.7 Å². The predicted octanol–water partition coefficient (Wildman–Crippen LogP) is 2.13. The van der Waals surface area contributed by atoms with Crippen LogP contribution in [0.25, 0.3) is 11.0 Å². The molecule has 2 heterocycles. The fourth-order valence-corrected chi connectivity index (χ4v) is 2.96. The van der Waals surface area contributed by atoms with Gasteiger partial charge in [-0.25, -0.2) is 9.97 Å². The first-order valence-corrected chi connectivity index (χ1v) is 7.54. The summed E-state index contributed by atoms with van der Waals surface area (Å²) < 4.78 is 0. The maximum atomic E-state index is 12.5. The molecule has 0 aliphatic heterocycles. The third-order valence-corrected chi connectivity index (χ3v) is 4.42. The lowest BCUT2D eigenvalue weighted by Gasteiger charge is -2.18. The molecule has 3 N–H and O–H groups in total. The number of carbonyl (C=O) groups is 1. The number of nitrogens with two attached hydrogens (primary N) is 1. The zero-order valence-electron chi connectivity index (χ0n) is 11.7. The van der Waals surface area contributed by atoms with Crippen LogP contribution in [0.1, 0.15) is 36.0 Å². The van der Waals surface area contributed by atoms with E-state index in [2.05, 4.69) is 15.3 Å². The van der Waals surface area contributed by atoms with Crippen molar-refractivity contribution in [1.82, 2.24) is 15.3 Å². The minimum Gasteiger partial charge on any atom is -0.383 e. The number of nitrogen functional groups attached to an aromatic ring is 1. The summed E-state index contributed by atoms with van der Waals surface area (Å²) in [5.41, 5.74) is 6.97. The van der Waals surface area contributed by atoms with E-state index in [1.165, 1.54) is 25.7 Å². The molecule has 2 saturated carbocycles. The fourth-order valence-electron chi connectivity index (χ4n) is 2.96. The Kier molecular flexibility index (Phi) is 2.80. The van der Waals surface area contributed by atoms with E-state index in [1.807, 2.05) is 12.1 Å². The molecule has 0 bridgehead atoms. The van der Waals surface area contributed by atoms with E-state index in [9.17, 15) is 4.79 Å². The normalized spacial score (nSPS) is 18.1. The molecular weight excluding hydrogens is 264 g/mol. The first-order chi connectivity index (χ1) is 10.2. The smallest absolute Gasteiger partial charge is 0.255 e. The molecule has 1 amide bonds. The van der Waals surface area contributed by atoms with Crippen LogP contribution < -0.4 is 11.1 Å². The number of fused-ring (bicyclic) bond motifs is 1. The fraction of sp³-hybridized carbons (Fsp3) is 0.438. The number of aromatic nitrogens is 2. The third-order valence-electron chi connectivity index (χ3n) is 4.42. The number of hydrogen-bond acceptors (Lipinski definition) is 4. The van der Waals surface area contributed by atoms with Crippen LogP contribution in [0, 0.1) is 11.8 Å². The number of anilines is 1. The van der Waals surface area contributed by atoms with Crippen molar-refractivity contribution in [1.29, 1.82) is 0 Å². The Hall–Kier alpha value is -2.17. The second-order valence-corrected chi connectivity index (χ2v) is 6.15. The van der Waals surface area contributed by atoms with Gasteiger partial charge in [0.25, 0.3) is 5.91 Å². The lowest BCUT2D eigenvalue weighted by molar-refractivity contribution is 0.0927. The van der Waals surface area contributed by atoms with Crippen LogP contribution in [-0.2, 0) is 0 Å². The van der Waals surface area contributed by atoms with Crippen LogP contribution in [0.15, 0.2) is 24.4 Å². The molecule has 108 valence electrons. The first kappa shape index (κ1) is 12.6. The van der Waals surface area contributed by atoms with Crippen LogP contribution in [0.2, 0.25) is 0 Å². The van der Waals surface area contributed by atoms with Gasteiger partial charge in [0.1, 0.15) is 5.82 Å². The Labute approximate surface area is 123 Å². The number of amides is 1. The number of carbonyl (C=O) groups excluding carboxylic acids is 1. The van der Waals surface area contributed by atoms with Gasteiger partial charge in [-0.15, -0.1) is 0 Å². The first-order valence-electron chi connectivity index (χ1n) is 7.54. The van der Waals surface area contributed by atoms with Crippen molar-refractivity contribution in [2.24, 2.45) is 11.8 Å². The van der Waals surface area contributed by atoms with Gasteiger partial charge in [0.05, 0.1) is 5.56 Å². The Bertz CT molecular complexity index is 694. The van der Waals surface area contributed by atoms with Gasteiger partial charge >= 0.3 is 0 Å². The number of nitrogens with one attached hydrogen (secondary N) is 1. The van der Waals surface area contributed by atoms with Crippen LogP contribution in [0.3, 0.4) is 0 Å². The monoisotopic (exact) mass is 282 g/mol. The SMILES string of the molecule is Nc1nc2ncccc2cc1C(=O)NC(C1CC1)C1CC1. The Morgan fingerprint density at radius 3 is 2.67 bits per heavy atom. The van der Waals surface area contributed by atoms with Gasteiger partial charge in [-0.2, -0.15) is 0 Å². The number of rotatable bonds is 4. The third kappa shape index (κ3) is 2.44. The van der Waals surface area contributed by atoms with Gasteiger partial charge < -0.3 is 11.1 Å². The Morgan fingerprint density at radius 1 is 1.29 bits per heavy atom. The van der Waals surface area contributed by atoms with Gasteiger partial charge in [-0.05, 0) is 55.7 Å². The molecular formula is C16H18N4O. The lowest BCUT2D eigenvalue weighted by Crippen LogP contribution is -2.38. The number of pyridine rings is 2. The summed E-state index contributed by atoms with van der Waals surface area (Å²) in [4.78, 5) is 20.9. The van der Waals surface area contributed by atoms with Gasteiger partial charge in [0.15, 0.2) is 5.65 Å². The molecule has 2 aliphatic carbocycles. The minimum atomic E-state index is -0.102. The van der Waals surface area contributed by atoms with Crippen molar-refractivity contribution in [2.45, 2.75) is 31.7 Å². The van der Waals surface area contributed by atoms with E-state index in [1.54, 1.807) is 12.3 Å². The van der Waals surface area contributed by atoms with E-state index in [4.69, 9.17) is 5.73 Å². The van der Waals surface area contributed by atoms with Crippen molar-refractivity contribution in [2.75, 3.05) is 5.73 Å². The van der Waals surface area contributed by atoms with Crippen molar-refractivity contribution >= 4 is 22.8 Å². The summed E-state index contributed by atoms with van der Waals surface area (Å²) in [7, 11) is 0. The van der Waals surface area contributed by atoms with E-state index in [0.29, 0.717) is 29.1 Å². The summed E-state index contributed by atoms with van der Waals surface area (Å²) in [6.07, 6.45) is 6.60. The van der Waals surface area contributed by atoms with Crippen molar-refractivity contribution < 1.29 is 4.79 Å². The van der Waals surface area contributed by atoms with Crippen LogP contribution in [-0.4, -0.2) is 21.9 Å². The molecule has 21 heavy (non-hydrogen) atoms. The number of hydrogen-bond donors (Lipinski definition) is 2. The molecule has 0 saturated heterocycles. The van der Waals surface area contributed by atoms with Crippen LogP contribution in [0.5, 0.6) is 0 Å². The van der Waals surface area contributed by atoms with Crippen molar-refractivity contribution in [3.05, 3.63) is 30.0 Å². The average Bonchev–Trinajstić information content (AvgIpc) is 3.37. The van der Waals surface area contributed by atoms with Gasteiger partial charge in [-0.1, -0.05) is 0 Å². The maximum absolute atomic E-state index is 12.5. The topological polar surface area (TPSA) is 80.9 Å². The number of nitrogens with zero attached hydrogens (tertiary/aromatic N) is 2. The Balaban J connectivity index is 1.62. The molecule has 0 unspecified atom stereocenters. The molecule has 2 fully saturated rings. The van der Waals surface area contributed by atoms with Crippen molar-refractivity contribution in [3.8, 4) is 0 Å². The quantitative estimate of drug-likeness (QED) is 0.900. The highest BCUT2D eigenvalue weighted by atomic mass is 16.1. The standard InChI is InChI=1S/C16H18N4O/c17-14-12(8-11-2-1-7-18-15(11)20-14)16(21)19-13(9-3-4-9)10-5-6-10/h1-2,7-10,13H,3-6H2,(H,19,21)(H2,17,18,20). The molecule has 0 aromatic carbocycles. The summed E-state index contributed by atoms with van der Waals surface area (Å²) in [6, 6.07) is 5.84. The molecule has 0 atom stereocenters. The van der Waals surface area contributed by atoms with Crippen LogP contribution in [0.4, 0.5) is 5.82 Å². The summed E-state index contributed by atoms with van der Waals surface area (Å²) in [5.74, 6) is 1.48. The Morgan fingerprint density at radius 2 is 2.00 bits per heavy atom. The van der Waals surface area contributed by atoms with Crippen LogP contribution >= 0.6 is 0 Å². The molecule has 5 heteroatoms. The summed E-state index contributed by atoms with van der Waals surface area (Å²) in [6.45, 7) is 0. The highest BCUT2D eigenvalue weighted by molar-refractivity contribution is 6.01. The predicted molar refractivity (Wildman–Crippen MR) is 80.7 cm³/mol. The second-order valence-electron chi connectivity index (χ2n) is 6.15. The molecule has 4 rings (SSSR count). The molecule has 0 radical (unpaired) electrons. The van der Waals surface area contributed by atoms with E-state index in [0.717, 1.165) is 5.39 Å². The minimum absolute atomic E-state index is 0.102.